The molecule has 2 aromatic carbocycles. The van der Waals surface area contributed by atoms with E-state index in [0.717, 1.165) is 5.56 Å². The number of ether oxygens (including phenoxy) is 1. The monoisotopic (exact) mass is 426 g/mol. The predicted octanol–water partition coefficient (Wildman–Crippen LogP) is 2.81. The third-order valence-electron chi connectivity index (χ3n) is 4.53. The summed E-state index contributed by atoms with van der Waals surface area (Å²) in [5.74, 6) is -1.54. The van der Waals surface area contributed by atoms with Gasteiger partial charge in [0.2, 0.25) is 0 Å². The highest BCUT2D eigenvalue weighted by Crippen LogP contribution is 2.16. The Morgan fingerprint density at radius 3 is 2.52 bits per heavy atom. The normalized spacial score (nSPS) is 10.7. The maximum absolute atomic E-state index is 12.2. The van der Waals surface area contributed by atoms with E-state index in [-0.39, 0.29) is 18.1 Å². The van der Waals surface area contributed by atoms with Gasteiger partial charge in [-0.1, -0.05) is 35.5 Å². The smallest absolute Gasteiger partial charge is 0.358 e. The van der Waals surface area contributed by atoms with Crippen molar-refractivity contribution in [1.29, 1.82) is 0 Å². The van der Waals surface area contributed by atoms with Gasteiger partial charge in [-0.25, -0.2) is 13.9 Å². The molecular formula is C22H23FN4O4. The van der Waals surface area contributed by atoms with E-state index in [9.17, 15) is 19.1 Å². The van der Waals surface area contributed by atoms with Gasteiger partial charge >= 0.3 is 5.97 Å². The summed E-state index contributed by atoms with van der Waals surface area (Å²) in [5.41, 5.74) is 2.34. The van der Waals surface area contributed by atoms with E-state index in [1.807, 2.05) is 30.3 Å². The van der Waals surface area contributed by atoms with E-state index in [2.05, 4.69) is 15.6 Å². The zero-order valence-corrected chi connectivity index (χ0v) is 16.8. The van der Waals surface area contributed by atoms with Gasteiger partial charge < -0.3 is 15.2 Å². The number of carbonyl (C=O) groups is 2. The molecule has 0 aliphatic heterocycles. The van der Waals surface area contributed by atoms with Crippen molar-refractivity contribution in [3.8, 4) is 5.69 Å². The zero-order chi connectivity index (χ0) is 22.1. The number of carboxylic acid groups (broad SMARTS) is 1. The number of amides is 1. The number of aromatic carboxylic acids is 1. The largest absolute Gasteiger partial charge is 0.476 e. The molecule has 0 bridgehead atoms. The van der Waals surface area contributed by atoms with Crippen molar-refractivity contribution in [3.05, 3.63) is 77.1 Å². The van der Waals surface area contributed by atoms with Crippen LogP contribution in [0.3, 0.4) is 0 Å². The second-order valence-corrected chi connectivity index (χ2v) is 6.74. The molecule has 1 heterocycles. The second kappa shape index (κ2) is 11.0. The van der Waals surface area contributed by atoms with E-state index >= 15 is 0 Å². The molecule has 0 saturated carbocycles. The zero-order valence-electron chi connectivity index (χ0n) is 16.8. The average molecular weight is 426 g/mol. The lowest BCUT2D eigenvalue weighted by molar-refractivity contribution is 0.0688. The number of halogens is 1. The highest BCUT2D eigenvalue weighted by Gasteiger charge is 2.20. The number of alkyl halides is 1. The summed E-state index contributed by atoms with van der Waals surface area (Å²) in [5, 5.41) is 19.7. The Balaban J connectivity index is 1.66. The molecule has 0 fully saturated rings. The van der Waals surface area contributed by atoms with Crippen LogP contribution in [-0.2, 0) is 17.8 Å². The number of nitrogens with one attached hydrogen (secondary N) is 1. The molecule has 3 aromatic rings. The van der Waals surface area contributed by atoms with Gasteiger partial charge in [-0.05, 0) is 42.7 Å². The van der Waals surface area contributed by atoms with E-state index in [1.54, 1.807) is 24.3 Å². The summed E-state index contributed by atoms with van der Waals surface area (Å²) >= 11 is 0. The number of aromatic nitrogens is 3. The first-order valence-corrected chi connectivity index (χ1v) is 9.84. The number of carboxylic acids is 1. The van der Waals surface area contributed by atoms with Crippen molar-refractivity contribution in [2.24, 2.45) is 0 Å². The minimum absolute atomic E-state index is 0.0534. The molecular weight excluding hydrogens is 403 g/mol. The van der Waals surface area contributed by atoms with Crippen LogP contribution in [0.25, 0.3) is 5.69 Å². The van der Waals surface area contributed by atoms with Crippen molar-refractivity contribution in [1.82, 2.24) is 20.3 Å². The molecule has 1 aromatic heterocycles. The van der Waals surface area contributed by atoms with Gasteiger partial charge in [0.25, 0.3) is 5.91 Å². The molecule has 0 saturated heterocycles. The minimum Gasteiger partial charge on any atom is -0.476 e. The van der Waals surface area contributed by atoms with Crippen LogP contribution in [0.15, 0.2) is 54.6 Å². The molecule has 0 unspecified atom stereocenters. The Bertz CT molecular complexity index is 1010. The third-order valence-corrected chi connectivity index (χ3v) is 4.53. The molecule has 8 nitrogen and oxygen atoms in total. The Hall–Kier alpha value is -3.59. The van der Waals surface area contributed by atoms with Gasteiger partial charge in [0.15, 0.2) is 5.69 Å². The van der Waals surface area contributed by atoms with Crippen molar-refractivity contribution in [3.63, 3.8) is 0 Å². The second-order valence-electron chi connectivity index (χ2n) is 6.74. The van der Waals surface area contributed by atoms with E-state index in [1.165, 1.54) is 4.68 Å². The van der Waals surface area contributed by atoms with Crippen molar-refractivity contribution in [2.75, 3.05) is 19.8 Å². The fourth-order valence-electron chi connectivity index (χ4n) is 3.02. The number of rotatable bonds is 11. The standard InChI is InChI=1S/C22H23FN4O4/c23-12-13-24-21(28)17-8-10-18(11-9-17)27-19(20(22(29)30)25-26-27)7-4-14-31-15-16-5-2-1-3-6-16/h1-3,5-6,8-11H,4,7,12-15H2,(H,24,28)(H,29,30). The molecule has 0 aliphatic carbocycles. The van der Waals surface area contributed by atoms with Crippen LogP contribution < -0.4 is 5.32 Å². The third kappa shape index (κ3) is 5.95. The summed E-state index contributed by atoms with van der Waals surface area (Å²) in [7, 11) is 0. The van der Waals surface area contributed by atoms with Crippen molar-refractivity contribution in [2.45, 2.75) is 19.4 Å². The fourth-order valence-corrected chi connectivity index (χ4v) is 3.02. The summed E-state index contributed by atoms with van der Waals surface area (Å²) in [6.07, 6.45) is 0.992. The molecule has 3 rings (SSSR count). The van der Waals surface area contributed by atoms with Crippen molar-refractivity contribution < 1.29 is 23.8 Å². The SMILES string of the molecule is O=C(NCCF)c1ccc(-n2nnc(C(=O)O)c2CCCOCc2ccccc2)cc1. The van der Waals surface area contributed by atoms with E-state index in [0.29, 0.717) is 43.0 Å². The molecule has 0 atom stereocenters. The van der Waals surface area contributed by atoms with Crippen LogP contribution in [0.1, 0.15) is 38.5 Å². The van der Waals surface area contributed by atoms with Crippen LogP contribution in [0.4, 0.5) is 4.39 Å². The van der Waals surface area contributed by atoms with Crippen LogP contribution in [-0.4, -0.2) is 51.8 Å². The van der Waals surface area contributed by atoms with Gasteiger partial charge in [-0.3, -0.25) is 4.79 Å². The molecule has 162 valence electrons. The Morgan fingerprint density at radius 1 is 1.10 bits per heavy atom. The van der Waals surface area contributed by atoms with E-state index < -0.39 is 12.6 Å². The van der Waals surface area contributed by atoms with Gasteiger partial charge in [-0.15, -0.1) is 5.10 Å². The fraction of sp³-hybridized carbons (Fsp3) is 0.273. The molecule has 0 aliphatic rings. The topological polar surface area (TPSA) is 106 Å². The summed E-state index contributed by atoms with van der Waals surface area (Å²) < 4.78 is 19.3. The summed E-state index contributed by atoms with van der Waals surface area (Å²) in [6.45, 7) is 0.240. The molecule has 2 N–H and O–H groups in total. The maximum atomic E-state index is 12.2. The Labute approximate surface area is 178 Å². The molecule has 0 radical (unpaired) electrons. The quantitative estimate of drug-likeness (QED) is 0.457. The lowest BCUT2D eigenvalue weighted by Gasteiger charge is -2.09. The first-order valence-electron chi connectivity index (χ1n) is 9.84. The minimum atomic E-state index is -1.16. The highest BCUT2D eigenvalue weighted by atomic mass is 19.1. The summed E-state index contributed by atoms with van der Waals surface area (Å²) in [6, 6.07) is 16.2. The Morgan fingerprint density at radius 2 is 1.84 bits per heavy atom. The molecule has 31 heavy (non-hydrogen) atoms. The van der Waals surface area contributed by atoms with Crippen LogP contribution in [0.2, 0.25) is 0 Å². The first-order chi connectivity index (χ1) is 15.1. The number of nitrogens with zero attached hydrogens (tertiary/aromatic N) is 3. The summed E-state index contributed by atoms with van der Waals surface area (Å²) in [4.78, 5) is 23.5. The molecule has 1 amide bonds. The van der Waals surface area contributed by atoms with Gasteiger partial charge in [0, 0.05) is 18.7 Å². The predicted molar refractivity (Wildman–Crippen MR) is 111 cm³/mol. The van der Waals surface area contributed by atoms with Crippen molar-refractivity contribution >= 4 is 11.9 Å². The molecule has 0 spiro atoms. The van der Waals surface area contributed by atoms with Crippen LogP contribution in [0.5, 0.6) is 0 Å². The number of carbonyl (C=O) groups excluding carboxylic acids is 1. The number of hydrogen-bond donors (Lipinski definition) is 2. The first kappa shape index (κ1) is 22.1. The van der Waals surface area contributed by atoms with E-state index in [4.69, 9.17) is 4.74 Å². The maximum Gasteiger partial charge on any atom is 0.358 e. The lowest BCUT2D eigenvalue weighted by Crippen LogP contribution is -2.25. The van der Waals surface area contributed by atoms with Crippen LogP contribution in [0, 0.1) is 0 Å². The van der Waals surface area contributed by atoms with Crippen LogP contribution >= 0.6 is 0 Å². The Kier molecular flexibility index (Phi) is 7.83. The highest BCUT2D eigenvalue weighted by molar-refractivity contribution is 5.94. The van der Waals surface area contributed by atoms with Gasteiger partial charge in [-0.2, -0.15) is 0 Å². The van der Waals surface area contributed by atoms with Gasteiger partial charge in [0.1, 0.15) is 6.67 Å². The van der Waals surface area contributed by atoms with Gasteiger partial charge in [0.05, 0.1) is 18.0 Å². The number of benzene rings is 2. The average Bonchev–Trinajstić information content (AvgIpc) is 3.22. The lowest BCUT2D eigenvalue weighted by atomic mass is 10.1. The number of hydrogen-bond acceptors (Lipinski definition) is 5. The molecule has 9 heteroatoms.